The van der Waals surface area contributed by atoms with Gasteiger partial charge in [-0.1, -0.05) is 0 Å². The molecule has 0 aliphatic heterocycles. The van der Waals surface area contributed by atoms with Gasteiger partial charge in [-0.25, -0.2) is 0 Å². The smallest absolute Gasteiger partial charge is 0.320 e. The van der Waals surface area contributed by atoms with Crippen LogP contribution in [-0.2, 0) is 14.4 Å². The minimum absolute atomic E-state index is 0.00718. The van der Waals surface area contributed by atoms with Gasteiger partial charge in [0.2, 0.25) is 5.91 Å². The first-order chi connectivity index (χ1) is 8.79. The van der Waals surface area contributed by atoms with Crippen LogP contribution in [0.1, 0.15) is 25.7 Å². The topological polar surface area (TPSA) is 176 Å². The highest BCUT2D eigenvalue weighted by atomic mass is 16.4. The fourth-order valence-electron chi connectivity index (χ4n) is 1.73. The van der Waals surface area contributed by atoms with E-state index in [4.69, 9.17) is 28.0 Å². The Hall–Kier alpha value is -1.51. The van der Waals surface area contributed by atoms with Crippen LogP contribution < -0.4 is 22.9 Å². The van der Waals surface area contributed by atoms with Crippen molar-refractivity contribution >= 4 is 17.7 Å². The number of nitrogens with two attached hydrogens (primary N) is 4. The van der Waals surface area contributed by atoms with E-state index in [1.165, 1.54) is 0 Å². The summed E-state index contributed by atoms with van der Waals surface area (Å²) in [5.41, 5.74) is 21.4. The zero-order valence-electron chi connectivity index (χ0n) is 10.7. The van der Waals surface area contributed by atoms with Crippen LogP contribution in [0.25, 0.3) is 0 Å². The van der Waals surface area contributed by atoms with Gasteiger partial charge in [0.15, 0.2) is 5.78 Å². The maximum Gasteiger partial charge on any atom is 0.320 e. The second kappa shape index (κ2) is 8.57. The van der Waals surface area contributed by atoms with Gasteiger partial charge in [0.1, 0.15) is 6.04 Å². The van der Waals surface area contributed by atoms with Gasteiger partial charge in [-0.3, -0.25) is 14.4 Å². The molecule has 0 aliphatic carbocycles. The zero-order valence-corrected chi connectivity index (χ0v) is 10.7. The summed E-state index contributed by atoms with van der Waals surface area (Å²) in [6.07, 6.45) is 0.435. The Morgan fingerprint density at radius 3 is 2.05 bits per heavy atom. The summed E-state index contributed by atoms with van der Waals surface area (Å²) in [4.78, 5) is 33.3. The number of carbonyl (C=O) groups excluding carboxylic acids is 2. The highest BCUT2D eigenvalue weighted by Crippen LogP contribution is 2.15. The average Bonchev–Trinajstić information content (AvgIpc) is 2.34. The highest BCUT2D eigenvalue weighted by Gasteiger charge is 2.27. The number of amides is 1. The summed E-state index contributed by atoms with van der Waals surface area (Å²) in [5, 5.41) is 8.74. The van der Waals surface area contributed by atoms with Gasteiger partial charge in [-0.15, -0.1) is 0 Å². The Bertz CT molecular complexity index is 335. The van der Waals surface area contributed by atoms with E-state index < -0.39 is 29.9 Å². The highest BCUT2D eigenvalue weighted by molar-refractivity contribution is 5.87. The van der Waals surface area contributed by atoms with Crippen molar-refractivity contribution in [3.8, 4) is 0 Å². The number of hydrogen-bond donors (Lipinski definition) is 5. The summed E-state index contributed by atoms with van der Waals surface area (Å²) >= 11 is 0. The van der Waals surface area contributed by atoms with Crippen LogP contribution in [0.5, 0.6) is 0 Å². The lowest BCUT2D eigenvalue weighted by molar-refractivity contribution is -0.139. The molecule has 3 atom stereocenters. The maximum atomic E-state index is 12.0. The Morgan fingerprint density at radius 2 is 1.63 bits per heavy atom. The van der Waals surface area contributed by atoms with Crippen molar-refractivity contribution < 1.29 is 19.5 Å². The molecule has 0 aliphatic rings. The molecule has 0 fully saturated rings. The van der Waals surface area contributed by atoms with Crippen LogP contribution >= 0.6 is 0 Å². The first kappa shape index (κ1) is 17.5. The molecule has 8 nitrogen and oxygen atoms in total. The van der Waals surface area contributed by atoms with Crippen LogP contribution in [-0.4, -0.2) is 41.4 Å². The van der Waals surface area contributed by atoms with Crippen molar-refractivity contribution in [3.63, 3.8) is 0 Å². The molecule has 0 rings (SSSR count). The Kier molecular flexibility index (Phi) is 7.89. The number of carbonyl (C=O) groups is 3. The molecule has 0 heterocycles. The van der Waals surface area contributed by atoms with Crippen molar-refractivity contribution in [1.82, 2.24) is 0 Å². The minimum atomic E-state index is -1.18. The number of aliphatic carboxylic acids is 1. The molecule has 0 aromatic rings. The second-order valence-electron chi connectivity index (χ2n) is 4.47. The third-order valence-corrected chi connectivity index (χ3v) is 2.84. The predicted octanol–water partition coefficient (Wildman–Crippen LogP) is -2.08. The first-order valence-corrected chi connectivity index (χ1v) is 6.05. The minimum Gasteiger partial charge on any atom is -0.480 e. The summed E-state index contributed by atoms with van der Waals surface area (Å²) in [6, 6.07) is -1.99. The lowest BCUT2D eigenvalue weighted by atomic mass is 9.88. The quantitative estimate of drug-likeness (QED) is 0.303. The van der Waals surface area contributed by atoms with E-state index in [1.54, 1.807) is 0 Å². The monoisotopic (exact) mass is 274 g/mol. The number of hydrogen-bond acceptors (Lipinski definition) is 6. The van der Waals surface area contributed by atoms with Crippen LogP contribution in [0.2, 0.25) is 0 Å². The van der Waals surface area contributed by atoms with Crippen LogP contribution in [0.4, 0.5) is 0 Å². The molecule has 19 heavy (non-hydrogen) atoms. The Balaban J connectivity index is 4.54. The predicted molar refractivity (Wildman–Crippen MR) is 68.8 cm³/mol. The summed E-state index contributed by atoms with van der Waals surface area (Å²) in [7, 11) is 0. The van der Waals surface area contributed by atoms with Crippen molar-refractivity contribution in [3.05, 3.63) is 0 Å². The number of primary amides is 1. The standard InChI is InChI=1S/C11H22N4O4/c12-4-3-6(5-8(14)11(18)19)10(17)7(13)1-2-9(15)16/h6-8H,1-5,12-14H2,(H2,15,16)(H,18,19)/t6?,7-,8-/m0/s1. The molecular formula is C11H22N4O4. The second-order valence-corrected chi connectivity index (χ2v) is 4.47. The maximum absolute atomic E-state index is 12.0. The number of carboxylic acids is 1. The lowest BCUT2D eigenvalue weighted by Gasteiger charge is -2.20. The van der Waals surface area contributed by atoms with E-state index in [0.29, 0.717) is 6.42 Å². The van der Waals surface area contributed by atoms with Gasteiger partial charge >= 0.3 is 5.97 Å². The molecular weight excluding hydrogens is 252 g/mol. The van der Waals surface area contributed by atoms with Crippen molar-refractivity contribution in [1.29, 1.82) is 0 Å². The van der Waals surface area contributed by atoms with Gasteiger partial charge in [0.25, 0.3) is 0 Å². The van der Waals surface area contributed by atoms with Gasteiger partial charge < -0.3 is 28.0 Å². The van der Waals surface area contributed by atoms with E-state index in [1.807, 2.05) is 0 Å². The van der Waals surface area contributed by atoms with Crippen molar-refractivity contribution in [2.45, 2.75) is 37.8 Å². The zero-order chi connectivity index (χ0) is 15.0. The third kappa shape index (κ3) is 6.85. The number of carboxylic acid groups (broad SMARTS) is 1. The normalized spacial score (nSPS) is 15.5. The Labute approximate surface area is 111 Å². The molecule has 1 amide bonds. The van der Waals surface area contributed by atoms with Gasteiger partial charge in [0.05, 0.1) is 6.04 Å². The van der Waals surface area contributed by atoms with Crippen molar-refractivity contribution in [2.24, 2.45) is 28.9 Å². The number of rotatable bonds is 10. The van der Waals surface area contributed by atoms with E-state index in [0.717, 1.165) is 0 Å². The van der Waals surface area contributed by atoms with Crippen LogP contribution in [0.15, 0.2) is 0 Å². The average molecular weight is 274 g/mol. The van der Waals surface area contributed by atoms with E-state index in [9.17, 15) is 14.4 Å². The van der Waals surface area contributed by atoms with E-state index >= 15 is 0 Å². The molecule has 0 aromatic carbocycles. The molecule has 8 heteroatoms. The largest absolute Gasteiger partial charge is 0.480 e. The van der Waals surface area contributed by atoms with Crippen LogP contribution in [0, 0.1) is 5.92 Å². The van der Waals surface area contributed by atoms with Crippen molar-refractivity contribution in [2.75, 3.05) is 6.54 Å². The first-order valence-electron chi connectivity index (χ1n) is 6.05. The lowest BCUT2D eigenvalue weighted by Crippen LogP contribution is -2.41. The molecule has 0 saturated carbocycles. The number of Topliss-reactive ketones (excluding diaryl/α,β-unsaturated/α-hetero) is 1. The molecule has 9 N–H and O–H groups in total. The van der Waals surface area contributed by atoms with Gasteiger partial charge in [-0.2, -0.15) is 0 Å². The molecule has 0 aromatic heterocycles. The van der Waals surface area contributed by atoms with Gasteiger partial charge in [-0.05, 0) is 25.8 Å². The Morgan fingerprint density at radius 1 is 1.05 bits per heavy atom. The molecule has 0 spiro atoms. The molecule has 1 unspecified atom stereocenters. The third-order valence-electron chi connectivity index (χ3n) is 2.84. The summed E-state index contributed by atoms with van der Waals surface area (Å²) in [6.45, 7) is 0.227. The van der Waals surface area contributed by atoms with E-state index in [2.05, 4.69) is 0 Å². The molecule has 0 radical (unpaired) electrons. The summed E-state index contributed by atoms with van der Waals surface area (Å²) < 4.78 is 0. The summed E-state index contributed by atoms with van der Waals surface area (Å²) in [5.74, 6) is -2.66. The molecule has 0 bridgehead atoms. The molecule has 0 saturated heterocycles. The molecule has 110 valence electrons. The fourth-order valence-corrected chi connectivity index (χ4v) is 1.73. The SMILES string of the molecule is NCCC(C[C@H](N)C(=O)O)C(=O)[C@@H](N)CCC(N)=O. The number of ketones is 1. The van der Waals surface area contributed by atoms with E-state index in [-0.39, 0.29) is 31.6 Å². The fraction of sp³-hybridized carbons (Fsp3) is 0.727. The van der Waals surface area contributed by atoms with Gasteiger partial charge in [0, 0.05) is 12.3 Å². The van der Waals surface area contributed by atoms with Crippen LogP contribution in [0.3, 0.4) is 0 Å².